The molecule has 1 heterocycles. The molecule has 1 fully saturated rings. The number of piperidine rings is 1. The summed E-state index contributed by atoms with van der Waals surface area (Å²) in [6.45, 7) is 1.37. The molecule has 1 saturated heterocycles. The van der Waals surface area contributed by atoms with E-state index in [1.54, 1.807) is 17.0 Å². The lowest BCUT2D eigenvalue weighted by Gasteiger charge is -2.35. The van der Waals surface area contributed by atoms with E-state index in [9.17, 15) is 13.2 Å². The summed E-state index contributed by atoms with van der Waals surface area (Å²) in [7, 11) is -3.25. The van der Waals surface area contributed by atoms with Gasteiger partial charge >= 0.3 is 0 Å². The highest BCUT2D eigenvalue weighted by Gasteiger charge is 2.27. The Morgan fingerprint density at radius 1 is 1.30 bits per heavy atom. The van der Waals surface area contributed by atoms with Gasteiger partial charge in [0.1, 0.15) is 0 Å². The van der Waals surface area contributed by atoms with E-state index in [0.717, 1.165) is 31.1 Å². The lowest BCUT2D eigenvalue weighted by Crippen LogP contribution is -2.49. The molecule has 130 valence electrons. The van der Waals surface area contributed by atoms with E-state index in [1.807, 2.05) is 12.1 Å². The van der Waals surface area contributed by atoms with Gasteiger partial charge in [0.2, 0.25) is 10.0 Å². The van der Waals surface area contributed by atoms with Crippen LogP contribution in [0.25, 0.3) is 0 Å². The Kier molecular flexibility index (Phi) is 7.47. The molecular formula is C15H24ClN3O3S. The number of carbonyl (C=O) groups is 1. The summed E-state index contributed by atoms with van der Waals surface area (Å²) < 4.78 is 25.0. The molecule has 2 rings (SSSR count). The fourth-order valence-electron chi connectivity index (χ4n) is 2.68. The molecule has 1 amide bonds. The molecule has 0 aliphatic carbocycles. The molecule has 1 atom stereocenters. The molecule has 3 N–H and O–H groups in total. The Balaban J connectivity index is 0.00000264. The molecule has 1 unspecified atom stereocenters. The molecule has 0 saturated carbocycles. The summed E-state index contributed by atoms with van der Waals surface area (Å²) in [4.78, 5) is 14.4. The number of halogens is 1. The lowest BCUT2D eigenvalue weighted by molar-refractivity contribution is 0.0619. The maximum atomic E-state index is 12.7. The van der Waals surface area contributed by atoms with E-state index >= 15 is 0 Å². The third kappa shape index (κ3) is 5.76. The number of nitrogens with one attached hydrogen (secondary N) is 1. The van der Waals surface area contributed by atoms with Gasteiger partial charge in [-0.2, -0.15) is 0 Å². The zero-order valence-corrected chi connectivity index (χ0v) is 14.8. The first-order valence-corrected chi connectivity index (χ1v) is 9.34. The van der Waals surface area contributed by atoms with Crippen molar-refractivity contribution in [1.29, 1.82) is 0 Å². The first-order valence-electron chi connectivity index (χ1n) is 7.45. The van der Waals surface area contributed by atoms with Crippen molar-refractivity contribution in [3.63, 3.8) is 0 Å². The van der Waals surface area contributed by atoms with Crippen molar-refractivity contribution in [3.8, 4) is 0 Å². The second-order valence-corrected chi connectivity index (χ2v) is 7.50. The monoisotopic (exact) mass is 361 g/mol. The van der Waals surface area contributed by atoms with Crippen molar-refractivity contribution in [1.82, 2.24) is 9.62 Å². The highest BCUT2D eigenvalue weighted by molar-refractivity contribution is 7.88. The third-order valence-corrected chi connectivity index (χ3v) is 4.60. The second kappa shape index (κ2) is 8.63. The lowest BCUT2D eigenvalue weighted by atomic mass is 10.0. The van der Waals surface area contributed by atoms with Gasteiger partial charge < -0.3 is 10.6 Å². The highest BCUT2D eigenvalue weighted by atomic mass is 35.5. The van der Waals surface area contributed by atoms with Crippen molar-refractivity contribution in [3.05, 3.63) is 35.4 Å². The minimum atomic E-state index is -3.25. The normalized spacial score (nSPS) is 18.3. The average molecular weight is 362 g/mol. The van der Waals surface area contributed by atoms with E-state index in [0.29, 0.717) is 18.7 Å². The van der Waals surface area contributed by atoms with Gasteiger partial charge in [-0.1, -0.05) is 12.1 Å². The van der Waals surface area contributed by atoms with Crippen LogP contribution in [0.1, 0.15) is 35.2 Å². The van der Waals surface area contributed by atoms with Crippen LogP contribution in [0.2, 0.25) is 0 Å². The summed E-state index contributed by atoms with van der Waals surface area (Å²) in [6, 6.07) is 7.16. The van der Waals surface area contributed by atoms with Crippen molar-refractivity contribution in [2.75, 3.05) is 19.3 Å². The number of rotatable bonds is 5. The fraction of sp³-hybridized carbons (Fsp3) is 0.533. The Bertz CT molecular complexity index is 619. The van der Waals surface area contributed by atoms with E-state index in [2.05, 4.69) is 4.72 Å². The molecule has 1 aliphatic heterocycles. The summed E-state index contributed by atoms with van der Waals surface area (Å²) in [6.07, 6.45) is 3.90. The summed E-state index contributed by atoms with van der Waals surface area (Å²) >= 11 is 0. The molecular weight excluding hydrogens is 338 g/mol. The summed E-state index contributed by atoms with van der Waals surface area (Å²) in [5.74, 6) is -0.0522. The van der Waals surface area contributed by atoms with Crippen LogP contribution in [0.4, 0.5) is 0 Å². The van der Waals surface area contributed by atoms with E-state index in [4.69, 9.17) is 5.73 Å². The number of nitrogens with two attached hydrogens (primary N) is 1. The number of nitrogens with zero attached hydrogens (tertiary/aromatic N) is 1. The van der Waals surface area contributed by atoms with Crippen LogP contribution in [-0.4, -0.2) is 44.6 Å². The topological polar surface area (TPSA) is 92.5 Å². The molecule has 1 aliphatic rings. The van der Waals surface area contributed by atoms with Gasteiger partial charge in [-0.05, 0) is 37.0 Å². The van der Waals surface area contributed by atoms with Crippen LogP contribution in [0.15, 0.2) is 24.3 Å². The second-order valence-electron chi connectivity index (χ2n) is 5.67. The van der Waals surface area contributed by atoms with E-state index in [1.165, 1.54) is 0 Å². The Labute approximate surface area is 143 Å². The van der Waals surface area contributed by atoms with Gasteiger partial charge in [0.15, 0.2) is 0 Å². The average Bonchev–Trinajstić information content (AvgIpc) is 2.52. The molecule has 0 spiro atoms. The van der Waals surface area contributed by atoms with Gasteiger partial charge in [-0.3, -0.25) is 4.79 Å². The summed E-state index contributed by atoms with van der Waals surface area (Å²) in [5, 5.41) is 0. The largest absolute Gasteiger partial charge is 0.334 e. The van der Waals surface area contributed by atoms with Crippen LogP contribution in [0.3, 0.4) is 0 Å². The van der Waals surface area contributed by atoms with E-state index in [-0.39, 0.29) is 30.9 Å². The molecule has 0 radical (unpaired) electrons. The van der Waals surface area contributed by atoms with Gasteiger partial charge in [-0.25, -0.2) is 13.1 Å². The fourth-order valence-corrected chi connectivity index (χ4v) is 3.17. The first kappa shape index (κ1) is 19.9. The van der Waals surface area contributed by atoms with Crippen LogP contribution >= 0.6 is 12.4 Å². The van der Waals surface area contributed by atoms with Crippen molar-refractivity contribution >= 4 is 28.3 Å². The smallest absolute Gasteiger partial charge is 0.254 e. The number of hydrogen-bond acceptors (Lipinski definition) is 4. The van der Waals surface area contributed by atoms with E-state index < -0.39 is 10.0 Å². The van der Waals surface area contributed by atoms with Crippen LogP contribution in [0, 0.1) is 0 Å². The molecule has 0 bridgehead atoms. The number of amides is 1. The SMILES string of the molecule is CS(=O)(=O)NCC1CCCCN1C(=O)c1ccc(CN)cc1.Cl. The van der Waals surface area contributed by atoms with Gasteiger partial charge in [0.25, 0.3) is 5.91 Å². The highest BCUT2D eigenvalue weighted by Crippen LogP contribution is 2.19. The number of hydrogen-bond donors (Lipinski definition) is 2. The quantitative estimate of drug-likeness (QED) is 0.821. The molecule has 8 heteroatoms. The predicted octanol–water partition coefficient (Wildman–Crippen LogP) is 1.11. The Morgan fingerprint density at radius 3 is 2.52 bits per heavy atom. The predicted molar refractivity (Wildman–Crippen MR) is 93.1 cm³/mol. The Hall–Kier alpha value is -1.15. The Morgan fingerprint density at radius 2 is 1.96 bits per heavy atom. The van der Waals surface area contributed by atoms with Crippen molar-refractivity contribution in [2.24, 2.45) is 5.73 Å². The maximum Gasteiger partial charge on any atom is 0.254 e. The third-order valence-electron chi connectivity index (χ3n) is 3.91. The summed E-state index contributed by atoms with van der Waals surface area (Å²) in [5.41, 5.74) is 7.15. The van der Waals surface area contributed by atoms with Gasteiger partial charge in [0.05, 0.1) is 6.26 Å². The van der Waals surface area contributed by atoms with Crippen LogP contribution < -0.4 is 10.5 Å². The van der Waals surface area contributed by atoms with Gasteiger partial charge in [-0.15, -0.1) is 12.4 Å². The number of likely N-dealkylation sites (tertiary alicyclic amines) is 1. The molecule has 1 aromatic rings. The minimum Gasteiger partial charge on any atom is -0.334 e. The first-order chi connectivity index (χ1) is 10.4. The van der Waals surface area contributed by atoms with Gasteiger partial charge in [0, 0.05) is 31.2 Å². The molecule has 1 aromatic carbocycles. The number of carbonyl (C=O) groups excluding carboxylic acids is 1. The molecule has 0 aromatic heterocycles. The van der Waals surface area contributed by atoms with Crippen LogP contribution in [0.5, 0.6) is 0 Å². The van der Waals surface area contributed by atoms with Crippen molar-refractivity contribution < 1.29 is 13.2 Å². The standard InChI is InChI=1S/C15H23N3O3S.ClH/c1-22(20,21)17-11-14-4-2-3-9-18(14)15(19)13-7-5-12(10-16)6-8-13;/h5-8,14,17H,2-4,9-11,16H2,1H3;1H. The molecule has 6 nitrogen and oxygen atoms in total. The number of sulfonamides is 1. The van der Waals surface area contributed by atoms with Crippen molar-refractivity contribution in [2.45, 2.75) is 31.8 Å². The zero-order chi connectivity index (χ0) is 16.2. The zero-order valence-electron chi connectivity index (χ0n) is 13.2. The van der Waals surface area contributed by atoms with Crippen LogP contribution in [-0.2, 0) is 16.6 Å². The maximum absolute atomic E-state index is 12.7. The minimum absolute atomic E-state index is 0. The molecule has 23 heavy (non-hydrogen) atoms. The number of benzene rings is 1.